The Morgan fingerprint density at radius 2 is 2.16 bits per heavy atom. The molecule has 0 radical (unpaired) electrons. The zero-order chi connectivity index (χ0) is 17.6. The van der Waals surface area contributed by atoms with Crippen molar-refractivity contribution in [3.05, 3.63) is 47.0 Å². The van der Waals surface area contributed by atoms with Crippen molar-refractivity contribution in [2.45, 2.75) is 44.4 Å². The Kier molecular flexibility index (Phi) is 5.96. The van der Waals surface area contributed by atoms with Crippen LogP contribution in [-0.4, -0.2) is 37.7 Å². The van der Waals surface area contributed by atoms with Crippen LogP contribution in [0.15, 0.2) is 24.3 Å². The molecule has 1 aliphatic rings. The minimum atomic E-state index is -0.916. The van der Waals surface area contributed by atoms with E-state index >= 15 is 0 Å². The summed E-state index contributed by atoms with van der Waals surface area (Å²) in [4.78, 5) is 12.3. The Labute approximate surface area is 150 Å². The normalized spacial score (nSPS) is 15.2. The monoisotopic (exact) mass is 360 g/mol. The molecule has 6 nitrogen and oxygen atoms in total. The van der Waals surface area contributed by atoms with Gasteiger partial charge in [-0.15, -0.1) is 10.2 Å². The third-order valence-electron chi connectivity index (χ3n) is 4.38. The Hall–Kier alpha value is -2.02. The zero-order valence-corrected chi connectivity index (χ0v) is 15.3. The summed E-state index contributed by atoms with van der Waals surface area (Å²) in [6.07, 6.45) is 6.90. The molecule has 0 aliphatic carbocycles. The molecule has 3 rings (SSSR count). The van der Waals surface area contributed by atoms with Crippen LogP contribution in [0.25, 0.3) is 0 Å². The van der Waals surface area contributed by atoms with Crippen molar-refractivity contribution in [3.8, 4) is 0 Å². The maximum absolute atomic E-state index is 12.3. The molecule has 7 heteroatoms. The third kappa shape index (κ3) is 4.75. The van der Waals surface area contributed by atoms with Gasteiger partial charge in [-0.05, 0) is 30.5 Å². The van der Waals surface area contributed by atoms with E-state index in [-0.39, 0.29) is 5.91 Å². The van der Waals surface area contributed by atoms with Crippen LogP contribution in [0, 0.1) is 0 Å². The van der Waals surface area contributed by atoms with Gasteiger partial charge in [-0.2, -0.15) is 0 Å². The van der Waals surface area contributed by atoms with Gasteiger partial charge in [0, 0.05) is 54.3 Å². The number of carbonyl (C=O) groups excluding carboxylic acids is 1. The minimum Gasteiger partial charge on any atom is -0.352 e. The summed E-state index contributed by atoms with van der Waals surface area (Å²) in [5, 5.41) is 11.5. The van der Waals surface area contributed by atoms with Gasteiger partial charge in [-0.25, -0.2) is 0 Å². The first kappa shape index (κ1) is 17.8. The highest BCUT2D eigenvalue weighted by atomic mass is 32.2. The molecule has 0 unspecified atom stereocenters. The van der Waals surface area contributed by atoms with E-state index in [9.17, 15) is 9.00 Å². The topological polar surface area (TPSA) is 76.9 Å². The lowest BCUT2D eigenvalue weighted by molar-refractivity contribution is 0.0954. The predicted molar refractivity (Wildman–Crippen MR) is 97.8 cm³/mol. The van der Waals surface area contributed by atoms with E-state index < -0.39 is 10.8 Å². The van der Waals surface area contributed by atoms with E-state index in [0.717, 1.165) is 36.6 Å². The van der Waals surface area contributed by atoms with E-state index in [2.05, 4.69) is 20.1 Å². The Bertz CT molecular complexity index is 772. The fraction of sp³-hybridized carbons (Fsp3) is 0.500. The fourth-order valence-corrected chi connectivity index (χ4v) is 3.81. The Morgan fingerprint density at radius 1 is 1.28 bits per heavy atom. The van der Waals surface area contributed by atoms with Gasteiger partial charge in [0.05, 0.1) is 0 Å². The van der Waals surface area contributed by atoms with Crippen LogP contribution in [0.3, 0.4) is 0 Å². The number of nitrogens with one attached hydrogen (secondary N) is 1. The van der Waals surface area contributed by atoms with Crippen molar-refractivity contribution in [1.82, 2.24) is 20.1 Å². The largest absolute Gasteiger partial charge is 0.352 e. The summed E-state index contributed by atoms with van der Waals surface area (Å²) in [7, 11) is -0.916. The molecule has 134 valence electrons. The molecule has 0 saturated carbocycles. The second-order valence-corrected chi connectivity index (χ2v) is 7.85. The van der Waals surface area contributed by atoms with Gasteiger partial charge in [-0.3, -0.25) is 9.00 Å². The van der Waals surface area contributed by atoms with Crippen LogP contribution in [0.5, 0.6) is 0 Å². The highest BCUT2D eigenvalue weighted by molar-refractivity contribution is 7.83. The van der Waals surface area contributed by atoms with E-state index in [1.54, 1.807) is 18.4 Å². The highest BCUT2D eigenvalue weighted by Crippen LogP contribution is 2.14. The molecule has 1 atom stereocenters. The summed E-state index contributed by atoms with van der Waals surface area (Å²) in [6.45, 7) is 1.50. The molecule has 0 spiro atoms. The first-order valence-corrected chi connectivity index (χ1v) is 10.4. The average molecular weight is 360 g/mol. The quantitative estimate of drug-likeness (QED) is 0.853. The zero-order valence-electron chi connectivity index (χ0n) is 14.5. The van der Waals surface area contributed by atoms with Crippen LogP contribution in [0.2, 0.25) is 0 Å². The van der Waals surface area contributed by atoms with Gasteiger partial charge >= 0.3 is 0 Å². The molecule has 2 aromatic rings. The summed E-state index contributed by atoms with van der Waals surface area (Å²) in [5.74, 6) is 2.37. The van der Waals surface area contributed by atoms with Crippen molar-refractivity contribution in [1.29, 1.82) is 0 Å². The first-order chi connectivity index (χ1) is 12.1. The van der Waals surface area contributed by atoms with Crippen molar-refractivity contribution < 1.29 is 9.00 Å². The van der Waals surface area contributed by atoms with E-state index in [1.807, 2.05) is 12.1 Å². The van der Waals surface area contributed by atoms with Gasteiger partial charge in [-0.1, -0.05) is 18.6 Å². The molecule has 25 heavy (non-hydrogen) atoms. The second-order valence-electron chi connectivity index (χ2n) is 6.42. The van der Waals surface area contributed by atoms with E-state index in [0.29, 0.717) is 24.3 Å². The fourth-order valence-electron chi connectivity index (χ4n) is 3.16. The number of rotatable bonds is 6. The number of amides is 1. The molecule has 1 amide bonds. The standard InChI is InChI=1S/C18H24N4O2S/c1-25(24)13-14-6-5-7-15(12-14)18(23)19-10-9-17-21-20-16-8-3-2-4-11-22(16)17/h5-7,12H,2-4,8-11,13H2,1H3,(H,19,23)/t25-/m0/s1. The lowest BCUT2D eigenvalue weighted by Gasteiger charge is -2.08. The van der Waals surface area contributed by atoms with Crippen LogP contribution < -0.4 is 5.32 Å². The molecule has 1 aliphatic heterocycles. The second kappa shape index (κ2) is 8.38. The summed E-state index contributed by atoms with van der Waals surface area (Å²) in [5.41, 5.74) is 1.51. The molecule has 1 N–H and O–H groups in total. The lowest BCUT2D eigenvalue weighted by Crippen LogP contribution is -2.26. The summed E-state index contributed by atoms with van der Waals surface area (Å²) >= 11 is 0. The van der Waals surface area contributed by atoms with Crippen molar-refractivity contribution in [2.24, 2.45) is 0 Å². The Morgan fingerprint density at radius 3 is 3.00 bits per heavy atom. The molecule has 0 bridgehead atoms. The molecule has 1 aromatic carbocycles. The Balaban J connectivity index is 1.56. The van der Waals surface area contributed by atoms with Gasteiger partial charge in [0.25, 0.3) is 5.91 Å². The summed E-state index contributed by atoms with van der Waals surface area (Å²) in [6, 6.07) is 7.31. The number of fused-ring (bicyclic) bond motifs is 1. The third-order valence-corrected chi connectivity index (χ3v) is 5.12. The highest BCUT2D eigenvalue weighted by Gasteiger charge is 2.14. The van der Waals surface area contributed by atoms with Gasteiger partial charge in [0.2, 0.25) is 0 Å². The van der Waals surface area contributed by atoms with Gasteiger partial charge in [0.1, 0.15) is 11.6 Å². The van der Waals surface area contributed by atoms with Crippen LogP contribution in [0.4, 0.5) is 0 Å². The number of hydrogen-bond acceptors (Lipinski definition) is 4. The van der Waals surface area contributed by atoms with Crippen LogP contribution in [0.1, 0.15) is 46.8 Å². The smallest absolute Gasteiger partial charge is 0.251 e. The first-order valence-electron chi connectivity index (χ1n) is 8.71. The van der Waals surface area contributed by atoms with E-state index in [4.69, 9.17) is 0 Å². The molecular weight excluding hydrogens is 336 g/mol. The maximum Gasteiger partial charge on any atom is 0.251 e. The van der Waals surface area contributed by atoms with Crippen LogP contribution in [-0.2, 0) is 35.9 Å². The van der Waals surface area contributed by atoms with E-state index in [1.165, 1.54) is 12.8 Å². The number of aromatic nitrogens is 3. The number of benzene rings is 1. The molecule has 0 saturated heterocycles. The average Bonchev–Trinajstić information content (AvgIpc) is 2.81. The molecule has 2 heterocycles. The minimum absolute atomic E-state index is 0.112. The number of hydrogen-bond donors (Lipinski definition) is 1. The lowest BCUT2D eigenvalue weighted by atomic mass is 10.1. The van der Waals surface area contributed by atoms with Crippen molar-refractivity contribution in [3.63, 3.8) is 0 Å². The molecule has 1 aromatic heterocycles. The predicted octanol–water partition coefficient (Wildman–Crippen LogP) is 1.86. The van der Waals surface area contributed by atoms with Gasteiger partial charge < -0.3 is 9.88 Å². The van der Waals surface area contributed by atoms with Crippen molar-refractivity contribution >= 4 is 16.7 Å². The number of aryl methyl sites for hydroxylation is 1. The molecule has 0 fully saturated rings. The number of carbonyl (C=O) groups is 1. The van der Waals surface area contributed by atoms with Crippen molar-refractivity contribution in [2.75, 3.05) is 12.8 Å². The SMILES string of the molecule is C[S@](=O)Cc1cccc(C(=O)NCCc2nnc3n2CCCCC3)c1. The summed E-state index contributed by atoms with van der Waals surface area (Å²) < 4.78 is 13.5. The van der Waals surface area contributed by atoms with Crippen LogP contribution >= 0.6 is 0 Å². The maximum atomic E-state index is 12.3. The van der Waals surface area contributed by atoms with Gasteiger partial charge in [0.15, 0.2) is 0 Å². The molecular formula is C18H24N4O2S. The number of nitrogens with zero attached hydrogens (tertiary/aromatic N) is 3.